The molecule has 2 aliphatic heterocycles. The Bertz CT molecular complexity index is 823. The third kappa shape index (κ3) is 4.43. The molecule has 2 aliphatic rings. The molecule has 3 amide bonds. The van der Waals surface area contributed by atoms with Crippen molar-refractivity contribution in [1.82, 2.24) is 14.7 Å². The van der Waals surface area contributed by atoms with Crippen LogP contribution in [0.2, 0.25) is 0 Å². The maximum atomic E-state index is 12.9. The van der Waals surface area contributed by atoms with E-state index in [2.05, 4.69) is 0 Å². The summed E-state index contributed by atoms with van der Waals surface area (Å²) in [5.41, 5.74) is 1.16. The molecule has 0 bridgehead atoms. The van der Waals surface area contributed by atoms with Crippen molar-refractivity contribution in [2.45, 2.75) is 31.1 Å². The summed E-state index contributed by atoms with van der Waals surface area (Å²) in [5, 5.41) is 0. The molecule has 0 unspecified atom stereocenters. The third-order valence-corrected chi connectivity index (χ3v) is 6.44. The highest BCUT2D eigenvalue weighted by Gasteiger charge is 2.29. The van der Waals surface area contributed by atoms with E-state index in [0.717, 1.165) is 37.8 Å². The van der Waals surface area contributed by atoms with Gasteiger partial charge in [0.15, 0.2) is 9.84 Å². The second-order valence-corrected chi connectivity index (χ2v) is 9.37. The van der Waals surface area contributed by atoms with Crippen LogP contribution in [0.15, 0.2) is 23.1 Å². The summed E-state index contributed by atoms with van der Waals surface area (Å²) in [6.45, 7) is 5.36. The quantitative estimate of drug-likeness (QED) is 0.767. The van der Waals surface area contributed by atoms with Gasteiger partial charge in [0.25, 0.3) is 5.91 Å². The van der Waals surface area contributed by atoms with Crippen LogP contribution in [-0.2, 0) is 9.84 Å². The number of hydrogen-bond acceptors (Lipinski definition) is 4. The van der Waals surface area contributed by atoms with Crippen LogP contribution in [0.25, 0.3) is 0 Å². The first-order valence-corrected chi connectivity index (χ1v) is 11.3. The van der Waals surface area contributed by atoms with Gasteiger partial charge in [-0.2, -0.15) is 0 Å². The number of nitrogens with zero attached hydrogens (tertiary/aromatic N) is 3. The van der Waals surface area contributed by atoms with Crippen LogP contribution in [0, 0.1) is 6.92 Å². The van der Waals surface area contributed by atoms with E-state index in [-0.39, 0.29) is 16.8 Å². The highest BCUT2D eigenvalue weighted by atomic mass is 32.2. The average molecular weight is 394 g/mol. The fourth-order valence-corrected chi connectivity index (χ4v) is 4.27. The second-order valence-electron chi connectivity index (χ2n) is 7.36. The van der Waals surface area contributed by atoms with Crippen molar-refractivity contribution < 1.29 is 18.0 Å². The van der Waals surface area contributed by atoms with E-state index < -0.39 is 9.84 Å². The molecule has 1 aromatic rings. The summed E-state index contributed by atoms with van der Waals surface area (Å²) in [7, 11) is -3.37. The summed E-state index contributed by atoms with van der Waals surface area (Å²) in [6, 6.07) is 4.71. The highest BCUT2D eigenvalue weighted by molar-refractivity contribution is 7.90. The second kappa shape index (κ2) is 7.88. The van der Waals surface area contributed by atoms with Gasteiger partial charge < -0.3 is 14.7 Å². The minimum atomic E-state index is -3.37. The summed E-state index contributed by atoms with van der Waals surface area (Å²) in [4.78, 5) is 31.1. The monoisotopic (exact) mass is 393 g/mol. The molecular formula is C19H27N3O4S. The average Bonchev–Trinajstić information content (AvgIpc) is 2.67. The van der Waals surface area contributed by atoms with E-state index in [1.54, 1.807) is 17.9 Å². The minimum absolute atomic E-state index is 0.0667. The Labute approximate surface area is 160 Å². The van der Waals surface area contributed by atoms with Gasteiger partial charge in [-0.1, -0.05) is 6.07 Å². The Morgan fingerprint density at radius 1 is 0.852 bits per heavy atom. The Kier molecular flexibility index (Phi) is 5.74. The Balaban J connectivity index is 1.66. The lowest BCUT2D eigenvalue weighted by atomic mass is 10.1. The lowest BCUT2D eigenvalue weighted by Crippen LogP contribution is -2.54. The van der Waals surface area contributed by atoms with E-state index in [1.165, 1.54) is 18.6 Å². The molecule has 0 saturated carbocycles. The molecule has 0 N–H and O–H groups in total. The predicted molar refractivity (Wildman–Crippen MR) is 103 cm³/mol. The van der Waals surface area contributed by atoms with E-state index in [1.807, 2.05) is 9.80 Å². The number of rotatable bonds is 2. The Morgan fingerprint density at radius 2 is 1.41 bits per heavy atom. The first kappa shape index (κ1) is 19.7. The molecule has 27 heavy (non-hydrogen) atoms. The van der Waals surface area contributed by atoms with Gasteiger partial charge in [-0.25, -0.2) is 13.2 Å². The van der Waals surface area contributed by atoms with E-state index in [0.29, 0.717) is 31.7 Å². The van der Waals surface area contributed by atoms with Gasteiger partial charge >= 0.3 is 6.03 Å². The number of aryl methyl sites for hydroxylation is 1. The number of benzene rings is 1. The molecule has 2 saturated heterocycles. The predicted octanol–water partition coefficient (Wildman–Crippen LogP) is 1.76. The van der Waals surface area contributed by atoms with Crippen LogP contribution in [0.1, 0.15) is 35.2 Å². The molecule has 0 atom stereocenters. The number of likely N-dealkylation sites (tertiary alicyclic amines) is 1. The maximum Gasteiger partial charge on any atom is 0.320 e. The number of urea groups is 1. The summed E-state index contributed by atoms with van der Waals surface area (Å²) < 4.78 is 23.6. The van der Waals surface area contributed by atoms with Gasteiger partial charge in [0.1, 0.15) is 0 Å². The van der Waals surface area contributed by atoms with E-state index in [4.69, 9.17) is 0 Å². The van der Waals surface area contributed by atoms with Crippen LogP contribution in [0.3, 0.4) is 0 Å². The van der Waals surface area contributed by atoms with Crippen LogP contribution in [0.5, 0.6) is 0 Å². The van der Waals surface area contributed by atoms with Gasteiger partial charge in [0, 0.05) is 51.1 Å². The maximum absolute atomic E-state index is 12.9. The van der Waals surface area contributed by atoms with Gasteiger partial charge in [-0.15, -0.1) is 0 Å². The molecule has 8 heteroatoms. The Morgan fingerprint density at radius 3 is 2.00 bits per heavy atom. The molecule has 3 rings (SSSR count). The normalized spacial score (nSPS) is 18.5. The van der Waals surface area contributed by atoms with Crippen molar-refractivity contribution in [3.05, 3.63) is 29.3 Å². The fourth-order valence-electron chi connectivity index (χ4n) is 3.62. The first-order chi connectivity index (χ1) is 12.8. The number of piperidine rings is 1. The first-order valence-electron chi connectivity index (χ1n) is 9.41. The number of carbonyl (C=O) groups excluding carboxylic acids is 2. The SMILES string of the molecule is Cc1ccc(S(C)(=O)=O)cc1C(=O)N1CCN(C(=O)N2CCCCC2)CC1. The lowest BCUT2D eigenvalue weighted by molar-refractivity contribution is 0.0632. The lowest BCUT2D eigenvalue weighted by Gasteiger charge is -2.38. The smallest absolute Gasteiger partial charge is 0.320 e. The number of amides is 3. The molecule has 0 radical (unpaired) electrons. The number of hydrogen-bond donors (Lipinski definition) is 0. The third-order valence-electron chi connectivity index (χ3n) is 5.33. The zero-order valence-corrected chi connectivity index (χ0v) is 16.8. The standard InChI is InChI=1S/C19H27N3O4S/c1-15-6-7-16(27(2,25)26)14-17(15)18(23)20-10-12-22(13-11-20)19(24)21-8-4-3-5-9-21/h6-7,14H,3-5,8-13H2,1-2H3. The molecule has 0 aromatic heterocycles. The van der Waals surface area contributed by atoms with Gasteiger partial charge in [0.05, 0.1) is 4.90 Å². The van der Waals surface area contributed by atoms with Crippen LogP contribution >= 0.6 is 0 Å². The van der Waals surface area contributed by atoms with Crippen LogP contribution in [0.4, 0.5) is 4.79 Å². The Hall–Kier alpha value is -2.09. The van der Waals surface area contributed by atoms with Crippen molar-refractivity contribution in [2.75, 3.05) is 45.5 Å². The summed E-state index contributed by atoms with van der Waals surface area (Å²) in [5.74, 6) is -0.178. The van der Waals surface area contributed by atoms with Crippen LogP contribution < -0.4 is 0 Å². The molecular weight excluding hydrogens is 366 g/mol. The summed E-state index contributed by atoms with van der Waals surface area (Å²) >= 11 is 0. The molecule has 0 spiro atoms. The van der Waals surface area contributed by atoms with Crippen molar-refractivity contribution in [3.8, 4) is 0 Å². The number of carbonyl (C=O) groups is 2. The van der Waals surface area contributed by atoms with Gasteiger partial charge in [-0.05, 0) is 43.9 Å². The zero-order chi connectivity index (χ0) is 19.6. The van der Waals surface area contributed by atoms with Crippen molar-refractivity contribution >= 4 is 21.8 Å². The van der Waals surface area contributed by atoms with Crippen molar-refractivity contribution in [3.63, 3.8) is 0 Å². The molecule has 2 heterocycles. The largest absolute Gasteiger partial charge is 0.335 e. The number of sulfone groups is 1. The highest BCUT2D eigenvalue weighted by Crippen LogP contribution is 2.19. The van der Waals surface area contributed by atoms with E-state index in [9.17, 15) is 18.0 Å². The fraction of sp³-hybridized carbons (Fsp3) is 0.579. The number of piperazine rings is 1. The van der Waals surface area contributed by atoms with Crippen molar-refractivity contribution in [2.24, 2.45) is 0 Å². The molecule has 148 valence electrons. The topological polar surface area (TPSA) is 78.0 Å². The van der Waals surface area contributed by atoms with Crippen molar-refractivity contribution in [1.29, 1.82) is 0 Å². The molecule has 0 aliphatic carbocycles. The molecule has 1 aromatic carbocycles. The van der Waals surface area contributed by atoms with Gasteiger partial charge in [0.2, 0.25) is 0 Å². The van der Waals surface area contributed by atoms with Gasteiger partial charge in [-0.3, -0.25) is 4.79 Å². The minimum Gasteiger partial charge on any atom is -0.335 e. The van der Waals surface area contributed by atoms with Crippen LogP contribution in [-0.4, -0.2) is 80.6 Å². The summed E-state index contributed by atoms with van der Waals surface area (Å²) in [6.07, 6.45) is 4.43. The zero-order valence-electron chi connectivity index (χ0n) is 16.0. The molecule has 2 fully saturated rings. The molecule has 7 nitrogen and oxygen atoms in total. The van der Waals surface area contributed by atoms with E-state index >= 15 is 0 Å².